The summed E-state index contributed by atoms with van der Waals surface area (Å²) < 4.78 is 0. The van der Waals surface area contributed by atoms with Crippen molar-refractivity contribution in [2.24, 2.45) is 5.92 Å². The first-order valence-corrected chi connectivity index (χ1v) is 8.06. The Bertz CT molecular complexity index is 402. The minimum absolute atomic E-state index is 0.568. The van der Waals surface area contributed by atoms with Gasteiger partial charge in [0.1, 0.15) is 5.82 Å². The van der Waals surface area contributed by atoms with Gasteiger partial charge in [0.25, 0.3) is 0 Å². The Morgan fingerprint density at radius 3 is 2.70 bits per heavy atom. The average molecular weight is 274 g/mol. The molecule has 110 valence electrons. The van der Waals surface area contributed by atoms with Crippen LogP contribution in [0.3, 0.4) is 0 Å². The van der Waals surface area contributed by atoms with Gasteiger partial charge in [-0.25, -0.2) is 9.97 Å². The van der Waals surface area contributed by atoms with Gasteiger partial charge in [-0.15, -0.1) is 0 Å². The Balaban J connectivity index is 1.61. The minimum Gasteiger partial charge on any atom is -0.311 e. The average Bonchev–Trinajstić information content (AvgIpc) is 2.51. The van der Waals surface area contributed by atoms with Crippen molar-refractivity contribution in [3.8, 4) is 0 Å². The van der Waals surface area contributed by atoms with Gasteiger partial charge < -0.3 is 5.32 Å². The Kier molecular flexibility index (Phi) is 4.63. The Morgan fingerprint density at radius 2 is 1.95 bits per heavy atom. The molecule has 3 rings (SSSR count). The summed E-state index contributed by atoms with van der Waals surface area (Å²) in [5.74, 6) is 1.82. The van der Waals surface area contributed by atoms with Crippen LogP contribution in [0.4, 0.5) is 0 Å². The molecule has 20 heavy (non-hydrogen) atoms. The van der Waals surface area contributed by atoms with Gasteiger partial charge in [0.05, 0.1) is 6.54 Å². The van der Waals surface area contributed by atoms with Crippen LogP contribution in [0.1, 0.15) is 44.9 Å². The van der Waals surface area contributed by atoms with Crippen LogP contribution in [0.15, 0.2) is 18.5 Å². The van der Waals surface area contributed by atoms with E-state index in [2.05, 4.69) is 27.1 Å². The van der Waals surface area contributed by atoms with E-state index in [-0.39, 0.29) is 0 Å². The molecule has 4 heteroatoms. The van der Waals surface area contributed by atoms with Crippen LogP contribution in [0.25, 0.3) is 0 Å². The van der Waals surface area contributed by atoms with Crippen LogP contribution >= 0.6 is 0 Å². The quantitative estimate of drug-likeness (QED) is 0.917. The summed E-state index contributed by atoms with van der Waals surface area (Å²) in [6.45, 7) is 5.41. The first kappa shape index (κ1) is 14.0. The molecule has 2 fully saturated rings. The number of hydrogen-bond donors (Lipinski definition) is 1. The van der Waals surface area contributed by atoms with Crippen molar-refractivity contribution in [2.45, 2.75) is 57.7 Å². The zero-order chi connectivity index (χ0) is 13.8. The van der Waals surface area contributed by atoms with Crippen molar-refractivity contribution in [3.05, 3.63) is 24.3 Å². The highest BCUT2D eigenvalue weighted by Gasteiger charge is 2.31. The Morgan fingerprint density at radius 1 is 1.20 bits per heavy atom. The van der Waals surface area contributed by atoms with Gasteiger partial charge in [-0.05, 0) is 31.7 Å². The minimum atomic E-state index is 0.568. The molecule has 0 radical (unpaired) electrons. The maximum atomic E-state index is 4.37. The summed E-state index contributed by atoms with van der Waals surface area (Å²) in [4.78, 5) is 11.3. The standard InChI is InChI=1S/C16H26N4/c1-13-10-19-15(14-6-3-2-4-7-14)11-20(13)12-16-17-8-5-9-18-16/h5,8-9,13-15,19H,2-4,6-7,10-12H2,1H3. The second-order valence-corrected chi connectivity index (χ2v) is 6.36. The zero-order valence-corrected chi connectivity index (χ0v) is 12.5. The molecule has 4 nitrogen and oxygen atoms in total. The number of hydrogen-bond acceptors (Lipinski definition) is 4. The number of nitrogens with zero attached hydrogens (tertiary/aromatic N) is 3. The van der Waals surface area contributed by atoms with Gasteiger partial charge in [0.2, 0.25) is 0 Å². The lowest BCUT2D eigenvalue weighted by atomic mass is 9.82. The lowest BCUT2D eigenvalue weighted by Gasteiger charge is -2.42. The Labute approximate surface area is 122 Å². The fourth-order valence-electron chi connectivity index (χ4n) is 3.61. The van der Waals surface area contributed by atoms with Crippen LogP contribution < -0.4 is 5.32 Å². The molecular formula is C16H26N4. The van der Waals surface area contributed by atoms with Crippen LogP contribution in [-0.2, 0) is 6.54 Å². The second-order valence-electron chi connectivity index (χ2n) is 6.36. The molecule has 2 heterocycles. The van der Waals surface area contributed by atoms with Gasteiger partial charge in [-0.2, -0.15) is 0 Å². The zero-order valence-electron chi connectivity index (χ0n) is 12.5. The molecule has 1 saturated carbocycles. The molecule has 0 bridgehead atoms. The molecule has 1 aromatic rings. The predicted molar refractivity (Wildman–Crippen MR) is 80.3 cm³/mol. The SMILES string of the molecule is CC1CNC(C2CCCCC2)CN1Cc1ncccn1. The number of rotatable bonds is 3. The fourth-order valence-corrected chi connectivity index (χ4v) is 3.61. The molecule has 2 unspecified atom stereocenters. The van der Waals surface area contributed by atoms with Crippen molar-refractivity contribution in [2.75, 3.05) is 13.1 Å². The van der Waals surface area contributed by atoms with Crippen molar-refractivity contribution < 1.29 is 0 Å². The maximum absolute atomic E-state index is 4.37. The number of nitrogens with one attached hydrogen (secondary N) is 1. The summed E-state index contributed by atoms with van der Waals surface area (Å²) in [5.41, 5.74) is 0. The van der Waals surface area contributed by atoms with Crippen LogP contribution in [0.5, 0.6) is 0 Å². The van der Waals surface area contributed by atoms with Gasteiger partial charge in [0.15, 0.2) is 0 Å². The lowest BCUT2D eigenvalue weighted by Crippen LogP contribution is -2.57. The normalized spacial score (nSPS) is 29.4. The lowest BCUT2D eigenvalue weighted by molar-refractivity contribution is 0.0957. The van der Waals surface area contributed by atoms with Crippen molar-refractivity contribution in [3.63, 3.8) is 0 Å². The van der Waals surface area contributed by atoms with Crippen molar-refractivity contribution in [1.29, 1.82) is 0 Å². The molecule has 1 aliphatic carbocycles. The molecule has 2 aliphatic rings. The third-order valence-corrected chi connectivity index (χ3v) is 4.91. The highest BCUT2D eigenvalue weighted by Crippen LogP contribution is 2.28. The van der Waals surface area contributed by atoms with E-state index in [1.165, 1.54) is 32.1 Å². The molecule has 1 N–H and O–H groups in total. The molecule has 1 aliphatic heterocycles. The van der Waals surface area contributed by atoms with E-state index in [1.807, 2.05) is 18.5 Å². The molecule has 0 aromatic carbocycles. The summed E-state index contributed by atoms with van der Waals surface area (Å²) >= 11 is 0. The molecular weight excluding hydrogens is 248 g/mol. The molecule has 0 amide bonds. The number of aromatic nitrogens is 2. The number of piperazine rings is 1. The van der Waals surface area contributed by atoms with E-state index >= 15 is 0 Å². The van der Waals surface area contributed by atoms with E-state index in [9.17, 15) is 0 Å². The Hall–Kier alpha value is -1.00. The van der Waals surface area contributed by atoms with Gasteiger partial charge >= 0.3 is 0 Å². The van der Waals surface area contributed by atoms with Gasteiger partial charge in [-0.3, -0.25) is 4.90 Å². The van der Waals surface area contributed by atoms with E-state index in [0.717, 1.165) is 31.4 Å². The molecule has 2 atom stereocenters. The van der Waals surface area contributed by atoms with Gasteiger partial charge in [-0.1, -0.05) is 19.3 Å². The van der Waals surface area contributed by atoms with E-state index < -0.39 is 0 Å². The molecule has 0 spiro atoms. The summed E-state index contributed by atoms with van der Waals surface area (Å²) in [5, 5.41) is 3.77. The van der Waals surface area contributed by atoms with Crippen LogP contribution in [0.2, 0.25) is 0 Å². The van der Waals surface area contributed by atoms with Crippen molar-refractivity contribution >= 4 is 0 Å². The molecule has 1 aromatic heterocycles. The first-order chi connectivity index (χ1) is 9.83. The maximum Gasteiger partial charge on any atom is 0.142 e. The topological polar surface area (TPSA) is 41.0 Å². The summed E-state index contributed by atoms with van der Waals surface area (Å²) in [6.07, 6.45) is 10.8. The summed E-state index contributed by atoms with van der Waals surface area (Å²) in [7, 11) is 0. The smallest absolute Gasteiger partial charge is 0.142 e. The second kappa shape index (κ2) is 6.64. The third-order valence-electron chi connectivity index (χ3n) is 4.91. The monoisotopic (exact) mass is 274 g/mol. The summed E-state index contributed by atoms with van der Waals surface area (Å²) in [6, 6.07) is 3.11. The largest absolute Gasteiger partial charge is 0.311 e. The van der Waals surface area contributed by atoms with Crippen LogP contribution in [-0.4, -0.2) is 40.0 Å². The van der Waals surface area contributed by atoms with E-state index in [0.29, 0.717) is 12.1 Å². The van der Waals surface area contributed by atoms with E-state index in [4.69, 9.17) is 0 Å². The predicted octanol–water partition coefficient (Wildman–Crippen LogP) is 2.22. The van der Waals surface area contributed by atoms with Gasteiger partial charge in [0, 0.05) is 37.6 Å². The third kappa shape index (κ3) is 3.36. The highest BCUT2D eigenvalue weighted by atomic mass is 15.2. The van der Waals surface area contributed by atoms with E-state index in [1.54, 1.807) is 0 Å². The molecule has 1 saturated heterocycles. The van der Waals surface area contributed by atoms with Crippen molar-refractivity contribution in [1.82, 2.24) is 20.2 Å². The fraction of sp³-hybridized carbons (Fsp3) is 0.750. The van der Waals surface area contributed by atoms with Crippen LogP contribution in [0, 0.1) is 5.92 Å². The first-order valence-electron chi connectivity index (χ1n) is 8.06. The highest BCUT2D eigenvalue weighted by molar-refractivity contribution is 4.94.